The predicted octanol–water partition coefficient (Wildman–Crippen LogP) is 3.38. The van der Waals surface area contributed by atoms with E-state index in [1.165, 1.54) is 12.1 Å². The largest absolute Gasteiger partial charge is 0.494 e. The Kier molecular flexibility index (Phi) is 5.04. The summed E-state index contributed by atoms with van der Waals surface area (Å²) in [6.07, 6.45) is 0. The van der Waals surface area contributed by atoms with Crippen molar-refractivity contribution in [1.29, 1.82) is 0 Å². The molecule has 0 amide bonds. The van der Waals surface area contributed by atoms with Gasteiger partial charge in [-0.25, -0.2) is 18.7 Å². The first-order valence-electron chi connectivity index (χ1n) is 7.92. The molecule has 3 aromatic rings. The van der Waals surface area contributed by atoms with E-state index < -0.39 is 11.6 Å². The zero-order valence-electron chi connectivity index (χ0n) is 13.7. The molecule has 0 fully saturated rings. The number of nitrogens with zero attached hydrogens (tertiary/aromatic N) is 2. The van der Waals surface area contributed by atoms with Gasteiger partial charge in [-0.2, -0.15) is 0 Å². The van der Waals surface area contributed by atoms with Crippen LogP contribution in [0.1, 0.15) is 18.3 Å². The van der Waals surface area contributed by atoms with Gasteiger partial charge in [-0.3, -0.25) is 0 Å². The first kappa shape index (κ1) is 17.0. The summed E-state index contributed by atoms with van der Waals surface area (Å²) >= 11 is 0. The van der Waals surface area contributed by atoms with Crippen LogP contribution in [-0.2, 0) is 13.1 Å². The Bertz CT molecular complexity index is 902. The van der Waals surface area contributed by atoms with Gasteiger partial charge in [-0.1, -0.05) is 12.1 Å². The molecule has 1 heterocycles. The quantitative estimate of drug-likeness (QED) is 0.717. The fourth-order valence-corrected chi connectivity index (χ4v) is 2.52. The minimum Gasteiger partial charge on any atom is -0.494 e. The molecule has 0 aliphatic rings. The Morgan fingerprint density at radius 3 is 2.68 bits per heavy atom. The lowest BCUT2D eigenvalue weighted by molar-refractivity contribution is 0.338. The topological polar surface area (TPSA) is 73.1 Å². The molecule has 0 radical (unpaired) electrons. The van der Waals surface area contributed by atoms with E-state index in [0.717, 1.165) is 0 Å². The molecule has 0 atom stereocenters. The Labute approximate surface area is 143 Å². The molecule has 3 rings (SSSR count). The van der Waals surface area contributed by atoms with Crippen LogP contribution < -0.4 is 15.8 Å². The summed E-state index contributed by atoms with van der Waals surface area (Å²) in [6.45, 7) is 2.56. The van der Waals surface area contributed by atoms with Crippen molar-refractivity contribution in [3.05, 3.63) is 59.4 Å². The second-order valence-electron chi connectivity index (χ2n) is 5.37. The van der Waals surface area contributed by atoms with Crippen LogP contribution >= 0.6 is 0 Å². The first-order valence-corrected chi connectivity index (χ1v) is 7.92. The van der Waals surface area contributed by atoms with E-state index in [1.807, 2.05) is 6.92 Å². The second-order valence-corrected chi connectivity index (χ2v) is 5.37. The third-order valence-corrected chi connectivity index (χ3v) is 3.68. The standard InChI is InChI=1S/C18H18F2N4O/c1-2-25-12-7-6-11(14(20)8-12)10-22-18-17-13(19)4-3-5-15(17)23-16(9-21)24-18/h3-8H,2,9-10,21H2,1H3,(H,22,23,24). The Morgan fingerprint density at radius 2 is 1.96 bits per heavy atom. The van der Waals surface area contributed by atoms with Crippen molar-refractivity contribution in [2.24, 2.45) is 5.73 Å². The van der Waals surface area contributed by atoms with E-state index in [-0.39, 0.29) is 24.3 Å². The number of fused-ring (bicyclic) bond motifs is 1. The minimum atomic E-state index is -0.448. The Morgan fingerprint density at radius 1 is 1.12 bits per heavy atom. The van der Waals surface area contributed by atoms with E-state index in [1.54, 1.807) is 24.3 Å². The summed E-state index contributed by atoms with van der Waals surface area (Å²) < 4.78 is 33.6. The first-order chi connectivity index (χ1) is 12.1. The van der Waals surface area contributed by atoms with Crippen LogP contribution in [0.15, 0.2) is 36.4 Å². The van der Waals surface area contributed by atoms with E-state index >= 15 is 0 Å². The number of aromatic nitrogens is 2. The number of nitrogens with two attached hydrogens (primary N) is 1. The van der Waals surface area contributed by atoms with Crippen molar-refractivity contribution in [3.8, 4) is 5.75 Å². The lowest BCUT2D eigenvalue weighted by Crippen LogP contribution is -2.10. The highest BCUT2D eigenvalue weighted by Gasteiger charge is 2.12. The average molecular weight is 344 g/mol. The van der Waals surface area contributed by atoms with Crippen LogP contribution in [0.5, 0.6) is 5.75 Å². The third kappa shape index (κ3) is 3.66. The van der Waals surface area contributed by atoms with Gasteiger partial charge < -0.3 is 15.8 Å². The predicted molar refractivity (Wildman–Crippen MR) is 92.3 cm³/mol. The summed E-state index contributed by atoms with van der Waals surface area (Å²) in [4.78, 5) is 8.45. The third-order valence-electron chi connectivity index (χ3n) is 3.68. The van der Waals surface area contributed by atoms with Gasteiger partial charge in [0.2, 0.25) is 0 Å². The number of anilines is 1. The van der Waals surface area contributed by atoms with Crippen molar-refractivity contribution >= 4 is 16.7 Å². The van der Waals surface area contributed by atoms with Gasteiger partial charge in [0.05, 0.1) is 24.1 Å². The van der Waals surface area contributed by atoms with Gasteiger partial charge in [-0.15, -0.1) is 0 Å². The SMILES string of the molecule is CCOc1ccc(CNc2nc(CN)nc3cccc(F)c23)c(F)c1. The number of hydrogen-bond acceptors (Lipinski definition) is 5. The molecule has 2 aromatic carbocycles. The second kappa shape index (κ2) is 7.40. The molecular weight excluding hydrogens is 326 g/mol. The Balaban J connectivity index is 1.90. The van der Waals surface area contributed by atoms with Crippen LogP contribution in [0.4, 0.5) is 14.6 Å². The van der Waals surface area contributed by atoms with Crippen molar-refractivity contribution in [2.45, 2.75) is 20.0 Å². The maximum absolute atomic E-state index is 14.2. The number of halogens is 2. The molecule has 1 aromatic heterocycles. The molecule has 0 unspecified atom stereocenters. The summed E-state index contributed by atoms with van der Waals surface area (Å²) in [5, 5.41) is 3.24. The fourth-order valence-electron chi connectivity index (χ4n) is 2.52. The lowest BCUT2D eigenvalue weighted by atomic mass is 10.2. The molecule has 0 bridgehead atoms. The number of rotatable bonds is 6. The number of ether oxygens (including phenoxy) is 1. The number of benzene rings is 2. The van der Waals surface area contributed by atoms with E-state index in [0.29, 0.717) is 29.3 Å². The number of nitrogens with one attached hydrogen (secondary N) is 1. The lowest BCUT2D eigenvalue weighted by Gasteiger charge is -2.12. The van der Waals surface area contributed by atoms with Crippen LogP contribution in [0.3, 0.4) is 0 Å². The molecule has 130 valence electrons. The fraction of sp³-hybridized carbons (Fsp3) is 0.222. The summed E-state index contributed by atoms with van der Waals surface area (Å²) in [5.74, 6) is 0.282. The highest BCUT2D eigenvalue weighted by molar-refractivity contribution is 5.89. The van der Waals surface area contributed by atoms with Crippen molar-refractivity contribution in [3.63, 3.8) is 0 Å². The van der Waals surface area contributed by atoms with Crippen LogP contribution in [0, 0.1) is 11.6 Å². The van der Waals surface area contributed by atoms with Gasteiger partial charge in [0.15, 0.2) is 0 Å². The molecule has 0 spiro atoms. The van der Waals surface area contributed by atoms with Crippen molar-refractivity contribution in [2.75, 3.05) is 11.9 Å². The summed E-state index contributed by atoms with van der Waals surface area (Å²) in [7, 11) is 0. The van der Waals surface area contributed by atoms with Gasteiger partial charge in [0, 0.05) is 18.2 Å². The molecule has 25 heavy (non-hydrogen) atoms. The van der Waals surface area contributed by atoms with Gasteiger partial charge in [0.1, 0.15) is 29.0 Å². The smallest absolute Gasteiger partial charge is 0.144 e. The normalized spacial score (nSPS) is 10.9. The molecule has 0 saturated carbocycles. The summed E-state index contributed by atoms with van der Waals surface area (Å²) in [6, 6.07) is 9.22. The van der Waals surface area contributed by atoms with E-state index in [4.69, 9.17) is 10.5 Å². The van der Waals surface area contributed by atoms with Gasteiger partial charge >= 0.3 is 0 Å². The van der Waals surface area contributed by atoms with Gasteiger partial charge in [0.25, 0.3) is 0 Å². The van der Waals surface area contributed by atoms with Crippen LogP contribution in [0.2, 0.25) is 0 Å². The molecule has 0 saturated heterocycles. The van der Waals surface area contributed by atoms with Crippen LogP contribution in [-0.4, -0.2) is 16.6 Å². The minimum absolute atomic E-state index is 0.124. The highest BCUT2D eigenvalue weighted by atomic mass is 19.1. The zero-order chi connectivity index (χ0) is 17.8. The maximum atomic E-state index is 14.2. The molecule has 0 aliphatic heterocycles. The maximum Gasteiger partial charge on any atom is 0.144 e. The van der Waals surface area contributed by atoms with Crippen molar-refractivity contribution < 1.29 is 13.5 Å². The number of hydrogen-bond donors (Lipinski definition) is 2. The van der Waals surface area contributed by atoms with Crippen LogP contribution in [0.25, 0.3) is 10.9 Å². The van der Waals surface area contributed by atoms with E-state index in [2.05, 4.69) is 15.3 Å². The van der Waals surface area contributed by atoms with E-state index in [9.17, 15) is 8.78 Å². The molecule has 7 heteroatoms. The monoisotopic (exact) mass is 344 g/mol. The highest BCUT2D eigenvalue weighted by Crippen LogP contribution is 2.25. The molecule has 3 N–H and O–H groups in total. The zero-order valence-corrected chi connectivity index (χ0v) is 13.7. The average Bonchev–Trinajstić information content (AvgIpc) is 2.61. The summed E-state index contributed by atoms with van der Waals surface area (Å²) in [5.41, 5.74) is 6.47. The molecule has 0 aliphatic carbocycles. The van der Waals surface area contributed by atoms with Gasteiger partial charge in [-0.05, 0) is 25.1 Å². The Hall–Kier alpha value is -2.80. The van der Waals surface area contributed by atoms with Crippen molar-refractivity contribution in [1.82, 2.24) is 9.97 Å². The molecular formula is C18H18F2N4O. The molecule has 5 nitrogen and oxygen atoms in total.